The highest BCUT2D eigenvalue weighted by atomic mass is 79.9. The smallest absolute Gasteiger partial charge is 0.261 e. The lowest BCUT2D eigenvalue weighted by Gasteiger charge is -2.04. The zero-order valence-corrected chi connectivity index (χ0v) is 12.5. The average molecular weight is 353 g/mol. The molecule has 7 heteroatoms. The minimum atomic E-state index is -0.453. The second-order valence-corrected chi connectivity index (χ2v) is 5.55. The lowest BCUT2D eigenvalue weighted by molar-refractivity contribution is 0.102. The van der Waals surface area contributed by atoms with E-state index in [1.165, 1.54) is 29.7 Å². The van der Waals surface area contributed by atoms with Crippen molar-refractivity contribution in [2.45, 2.75) is 0 Å². The lowest BCUT2D eigenvalue weighted by Crippen LogP contribution is -2.11. The molecule has 20 heavy (non-hydrogen) atoms. The number of aromatic hydroxyl groups is 1. The fourth-order valence-corrected chi connectivity index (χ4v) is 2.41. The standard InChI is InChI=1S/C13H9BrN2O3S/c14-8-3-4-10(11(18)6-8)12(19)16-13-15-7-9(20-13)2-1-5-17/h3-4,6-7,17-18H,5H2,(H,15,16,19). The number of carbonyl (C=O) groups excluding carboxylic acids is 1. The number of aliphatic hydroxyl groups is 1. The van der Waals surface area contributed by atoms with Crippen LogP contribution >= 0.6 is 27.3 Å². The topological polar surface area (TPSA) is 82.5 Å². The molecule has 0 aliphatic heterocycles. The van der Waals surface area contributed by atoms with Crippen LogP contribution < -0.4 is 5.32 Å². The normalized spacial score (nSPS) is 9.70. The van der Waals surface area contributed by atoms with Gasteiger partial charge in [0.25, 0.3) is 5.91 Å². The van der Waals surface area contributed by atoms with E-state index < -0.39 is 5.91 Å². The summed E-state index contributed by atoms with van der Waals surface area (Å²) in [5, 5.41) is 21.2. The molecule has 102 valence electrons. The van der Waals surface area contributed by atoms with Gasteiger partial charge in [-0.25, -0.2) is 4.98 Å². The van der Waals surface area contributed by atoms with E-state index in [2.05, 4.69) is 38.1 Å². The van der Waals surface area contributed by atoms with Crippen LogP contribution in [0.25, 0.3) is 0 Å². The summed E-state index contributed by atoms with van der Waals surface area (Å²) in [6.45, 7) is -0.230. The van der Waals surface area contributed by atoms with Gasteiger partial charge in [-0.05, 0) is 18.2 Å². The van der Waals surface area contributed by atoms with Crippen LogP contribution in [0, 0.1) is 11.8 Å². The lowest BCUT2D eigenvalue weighted by atomic mass is 10.2. The van der Waals surface area contributed by atoms with E-state index in [1.807, 2.05) is 0 Å². The van der Waals surface area contributed by atoms with E-state index in [9.17, 15) is 9.90 Å². The van der Waals surface area contributed by atoms with E-state index in [0.717, 1.165) is 0 Å². The van der Waals surface area contributed by atoms with Crippen molar-refractivity contribution >= 4 is 38.3 Å². The molecule has 2 rings (SSSR count). The van der Waals surface area contributed by atoms with Crippen molar-refractivity contribution < 1.29 is 15.0 Å². The summed E-state index contributed by atoms with van der Waals surface area (Å²) in [4.78, 5) is 16.6. The minimum Gasteiger partial charge on any atom is -0.507 e. The summed E-state index contributed by atoms with van der Waals surface area (Å²) in [6.07, 6.45) is 1.50. The molecule has 0 fully saturated rings. The van der Waals surface area contributed by atoms with E-state index in [0.29, 0.717) is 14.5 Å². The molecule has 0 saturated carbocycles. The van der Waals surface area contributed by atoms with E-state index in [4.69, 9.17) is 5.11 Å². The highest BCUT2D eigenvalue weighted by Gasteiger charge is 2.13. The first kappa shape index (κ1) is 14.5. The number of hydrogen-bond donors (Lipinski definition) is 3. The number of nitrogens with zero attached hydrogens (tertiary/aromatic N) is 1. The number of aliphatic hydroxyl groups excluding tert-OH is 1. The van der Waals surface area contributed by atoms with Gasteiger partial charge in [0, 0.05) is 4.47 Å². The van der Waals surface area contributed by atoms with Crippen molar-refractivity contribution in [1.29, 1.82) is 0 Å². The second-order valence-electron chi connectivity index (χ2n) is 3.61. The van der Waals surface area contributed by atoms with Crippen LogP contribution in [0.4, 0.5) is 5.13 Å². The van der Waals surface area contributed by atoms with Crippen molar-refractivity contribution in [3.05, 3.63) is 39.3 Å². The maximum absolute atomic E-state index is 12.0. The van der Waals surface area contributed by atoms with Crippen LogP contribution in [-0.4, -0.2) is 27.7 Å². The quantitative estimate of drug-likeness (QED) is 0.723. The van der Waals surface area contributed by atoms with Gasteiger partial charge in [-0.3, -0.25) is 10.1 Å². The summed E-state index contributed by atoms with van der Waals surface area (Å²) in [6, 6.07) is 4.61. The third-order valence-corrected chi connectivity index (χ3v) is 3.54. The molecule has 0 unspecified atom stereocenters. The number of amides is 1. The number of nitrogens with one attached hydrogen (secondary N) is 1. The SMILES string of the molecule is O=C(Nc1ncc(C#CCO)s1)c1ccc(Br)cc1O. The minimum absolute atomic E-state index is 0.117. The van der Waals surface area contributed by atoms with Crippen molar-refractivity contribution in [1.82, 2.24) is 4.98 Å². The fraction of sp³-hybridized carbons (Fsp3) is 0.0769. The first-order valence-corrected chi connectivity index (χ1v) is 7.06. The van der Waals surface area contributed by atoms with Crippen molar-refractivity contribution in [2.75, 3.05) is 11.9 Å². The predicted molar refractivity (Wildman–Crippen MR) is 79.8 cm³/mol. The van der Waals surface area contributed by atoms with Crippen LogP contribution in [0.3, 0.4) is 0 Å². The number of hydrogen-bond acceptors (Lipinski definition) is 5. The maximum Gasteiger partial charge on any atom is 0.261 e. The van der Waals surface area contributed by atoms with Crippen molar-refractivity contribution in [2.24, 2.45) is 0 Å². The van der Waals surface area contributed by atoms with Crippen LogP contribution in [0.2, 0.25) is 0 Å². The summed E-state index contributed by atoms with van der Waals surface area (Å²) in [7, 11) is 0. The van der Waals surface area contributed by atoms with Crippen molar-refractivity contribution in [3.8, 4) is 17.6 Å². The van der Waals surface area contributed by atoms with Gasteiger partial charge in [-0.2, -0.15) is 0 Å². The predicted octanol–water partition coefficient (Wildman–Crippen LogP) is 2.21. The molecule has 0 spiro atoms. The Labute approximate surface area is 127 Å². The first-order valence-electron chi connectivity index (χ1n) is 5.45. The Morgan fingerprint density at radius 2 is 2.30 bits per heavy atom. The summed E-state index contributed by atoms with van der Waals surface area (Å²) >= 11 is 4.39. The number of halogens is 1. The molecule has 1 aromatic heterocycles. The number of aromatic nitrogens is 1. The summed E-state index contributed by atoms with van der Waals surface area (Å²) in [5.41, 5.74) is 0.159. The number of thiazole rings is 1. The molecule has 0 aliphatic carbocycles. The molecule has 5 nitrogen and oxygen atoms in total. The number of rotatable bonds is 2. The molecule has 0 atom stereocenters. The molecule has 1 amide bonds. The zero-order chi connectivity index (χ0) is 14.5. The Kier molecular flexibility index (Phi) is 4.74. The van der Waals surface area contributed by atoms with Gasteiger partial charge in [0.1, 0.15) is 12.4 Å². The molecular formula is C13H9BrN2O3S. The third kappa shape index (κ3) is 3.57. The van der Waals surface area contributed by atoms with E-state index in [-0.39, 0.29) is 17.9 Å². The Hall–Kier alpha value is -1.88. The van der Waals surface area contributed by atoms with Crippen molar-refractivity contribution in [3.63, 3.8) is 0 Å². The zero-order valence-electron chi connectivity index (χ0n) is 10.1. The second kappa shape index (κ2) is 6.52. The highest BCUT2D eigenvalue weighted by Crippen LogP contribution is 2.24. The Morgan fingerprint density at radius 1 is 1.50 bits per heavy atom. The largest absolute Gasteiger partial charge is 0.507 e. The van der Waals surface area contributed by atoms with Crippen LogP contribution in [0.5, 0.6) is 5.75 Å². The molecule has 0 saturated heterocycles. The van der Waals surface area contributed by atoms with Gasteiger partial charge in [0.05, 0.1) is 16.6 Å². The summed E-state index contributed by atoms with van der Waals surface area (Å²) < 4.78 is 0.683. The number of phenolic OH excluding ortho intramolecular Hbond substituents is 1. The van der Waals surface area contributed by atoms with Crippen LogP contribution in [-0.2, 0) is 0 Å². The molecule has 3 N–H and O–H groups in total. The fourth-order valence-electron chi connectivity index (χ4n) is 1.38. The molecule has 0 aliphatic rings. The molecule has 0 bridgehead atoms. The van der Waals surface area contributed by atoms with Gasteiger partial charge < -0.3 is 10.2 Å². The maximum atomic E-state index is 12.0. The summed E-state index contributed by atoms with van der Waals surface area (Å²) in [5.74, 6) is 4.62. The first-order chi connectivity index (χ1) is 9.60. The van der Waals surface area contributed by atoms with Gasteiger partial charge in [0.2, 0.25) is 0 Å². The Bertz CT molecular complexity index is 703. The molecule has 1 heterocycles. The van der Waals surface area contributed by atoms with E-state index in [1.54, 1.807) is 6.07 Å². The van der Waals surface area contributed by atoms with Crippen LogP contribution in [0.15, 0.2) is 28.9 Å². The molecule has 2 aromatic rings. The van der Waals surface area contributed by atoms with Gasteiger partial charge in [-0.15, -0.1) is 0 Å². The van der Waals surface area contributed by atoms with Gasteiger partial charge in [-0.1, -0.05) is 39.1 Å². The molecular weight excluding hydrogens is 344 g/mol. The highest BCUT2D eigenvalue weighted by molar-refractivity contribution is 9.10. The Morgan fingerprint density at radius 3 is 3.00 bits per heavy atom. The molecule has 0 radical (unpaired) electrons. The van der Waals surface area contributed by atoms with Gasteiger partial charge in [0.15, 0.2) is 5.13 Å². The third-order valence-electron chi connectivity index (χ3n) is 2.22. The number of anilines is 1. The average Bonchev–Trinajstić information content (AvgIpc) is 2.83. The monoisotopic (exact) mass is 352 g/mol. The number of phenols is 1. The van der Waals surface area contributed by atoms with E-state index >= 15 is 0 Å². The van der Waals surface area contributed by atoms with Gasteiger partial charge >= 0.3 is 0 Å². The molecule has 1 aromatic carbocycles. The Balaban J connectivity index is 2.13. The number of benzene rings is 1. The van der Waals surface area contributed by atoms with Crippen LogP contribution in [0.1, 0.15) is 15.2 Å². The number of carbonyl (C=O) groups is 1.